The van der Waals surface area contributed by atoms with Gasteiger partial charge in [0.15, 0.2) is 5.13 Å². The summed E-state index contributed by atoms with van der Waals surface area (Å²) in [5, 5.41) is 5.11. The summed E-state index contributed by atoms with van der Waals surface area (Å²) in [6.45, 7) is 0.727. The number of nitrogen functional groups attached to an aromatic ring is 1. The number of anilines is 1. The van der Waals surface area contributed by atoms with Gasteiger partial charge in [0.1, 0.15) is 5.69 Å². The van der Waals surface area contributed by atoms with E-state index < -0.39 is 0 Å². The van der Waals surface area contributed by atoms with Gasteiger partial charge in [-0.1, -0.05) is 12.8 Å². The van der Waals surface area contributed by atoms with Crippen LogP contribution in [0.4, 0.5) is 5.13 Å². The van der Waals surface area contributed by atoms with E-state index in [2.05, 4.69) is 16.6 Å². The maximum Gasteiger partial charge on any atom is 0.270 e. The van der Waals surface area contributed by atoms with E-state index in [-0.39, 0.29) is 10.7 Å². The van der Waals surface area contributed by atoms with E-state index in [0.717, 1.165) is 6.54 Å². The number of amides is 1. The molecule has 4 nitrogen and oxygen atoms in total. The molecule has 0 unspecified atom stereocenters. The summed E-state index contributed by atoms with van der Waals surface area (Å²) in [5.41, 5.74) is 5.94. The molecule has 0 bridgehead atoms. The highest BCUT2D eigenvalue weighted by atomic mass is 32.2. The minimum absolute atomic E-state index is 0.113. The summed E-state index contributed by atoms with van der Waals surface area (Å²) in [7, 11) is 0. The Hall–Kier alpha value is -0.750. The molecule has 6 heteroatoms. The Balaban J connectivity index is 1.91. The number of nitrogens with two attached hydrogens (primary N) is 1. The average molecular weight is 271 g/mol. The standard InChI is InChI=1S/C11H17N3OS2/c1-16-11(4-2-3-5-11)7-13-9(15)8-6-17-10(12)14-8/h6H,2-5,7H2,1H3,(H2,12,14)(H,13,15). The van der Waals surface area contributed by atoms with Crippen LogP contribution < -0.4 is 11.1 Å². The zero-order valence-corrected chi connectivity index (χ0v) is 11.5. The Morgan fingerprint density at radius 3 is 2.88 bits per heavy atom. The van der Waals surface area contributed by atoms with E-state index in [1.165, 1.54) is 37.0 Å². The molecule has 1 aliphatic rings. The SMILES string of the molecule is CSC1(CNC(=O)c2csc(N)n2)CCCC1. The van der Waals surface area contributed by atoms with Crippen LogP contribution >= 0.6 is 23.1 Å². The molecule has 0 aromatic carbocycles. The van der Waals surface area contributed by atoms with E-state index in [4.69, 9.17) is 5.73 Å². The molecule has 1 amide bonds. The van der Waals surface area contributed by atoms with Crippen LogP contribution in [0.15, 0.2) is 5.38 Å². The van der Waals surface area contributed by atoms with Crippen molar-refractivity contribution in [2.24, 2.45) is 0 Å². The molecule has 0 spiro atoms. The number of thioether (sulfide) groups is 1. The van der Waals surface area contributed by atoms with Gasteiger partial charge in [-0.05, 0) is 19.1 Å². The predicted octanol–water partition coefficient (Wildman–Crippen LogP) is 2.13. The van der Waals surface area contributed by atoms with Gasteiger partial charge >= 0.3 is 0 Å². The number of hydrogen-bond acceptors (Lipinski definition) is 5. The Morgan fingerprint density at radius 2 is 2.35 bits per heavy atom. The maximum atomic E-state index is 11.8. The monoisotopic (exact) mass is 271 g/mol. The number of nitrogens with zero attached hydrogens (tertiary/aromatic N) is 1. The Kier molecular flexibility index (Phi) is 3.93. The Labute approximate surface area is 109 Å². The van der Waals surface area contributed by atoms with Gasteiger partial charge in [0.05, 0.1) is 0 Å². The van der Waals surface area contributed by atoms with Crippen molar-refractivity contribution in [1.29, 1.82) is 0 Å². The molecule has 3 N–H and O–H groups in total. The van der Waals surface area contributed by atoms with E-state index in [0.29, 0.717) is 10.8 Å². The van der Waals surface area contributed by atoms with Crippen molar-refractivity contribution in [2.45, 2.75) is 30.4 Å². The zero-order chi connectivity index (χ0) is 12.3. The van der Waals surface area contributed by atoms with Crippen LogP contribution in [0.25, 0.3) is 0 Å². The van der Waals surface area contributed by atoms with Gasteiger partial charge in [-0.15, -0.1) is 11.3 Å². The van der Waals surface area contributed by atoms with Gasteiger partial charge in [-0.2, -0.15) is 11.8 Å². The summed E-state index contributed by atoms with van der Waals surface area (Å²) in [4.78, 5) is 15.8. The number of rotatable bonds is 4. The number of thiazole rings is 1. The molecule has 17 heavy (non-hydrogen) atoms. The molecule has 0 aliphatic heterocycles. The van der Waals surface area contributed by atoms with Gasteiger partial charge in [0.25, 0.3) is 5.91 Å². The van der Waals surface area contributed by atoms with Gasteiger partial charge in [0, 0.05) is 16.7 Å². The average Bonchev–Trinajstić information content (AvgIpc) is 2.95. The summed E-state index contributed by atoms with van der Waals surface area (Å²) in [6.07, 6.45) is 7.03. The van der Waals surface area contributed by atoms with Crippen molar-refractivity contribution in [3.63, 3.8) is 0 Å². The van der Waals surface area contributed by atoms with Crippen LogP contribution in [0.2, 0.25) is 0 Å². The normalized spacial score (nSPS) is 18.2. The predicted molar refractivity (Wildman–Crippen MR) is 73.6 cm³/mol. The summed E-state index contributed by atoms with van der Waals surface area (Å²) in [6, 6.07) is 0. The second-order valence-corrected chi connectivity index (χ2v) is 6.51. The largest absolute Gasteiger partial charge is 0.375 e. The first kappa shape index (κ1) is 12.7. The first-order valence-corrected chi connectivity index (χ1v) is 7.80. The van der Waals surface area contributed by atoms with Gasteiger partial charge in [-0.25, -0.2) is 4.98 Å². The lowest BCUT2D eigenvalue weighted by molar-refractivity contribution is 0.0945. The molecular formula is C11H17N3OS2. The fraction of sp³-hybridized carbons (Fsp3) is 0.636. The number of carbonyl (C=O) groups is 1. The molecule has 1 saturated carbocycles. The van der Waals surface area contributed by atoms with Crippen LogP contribution in [0, 0.1) is 0 Å². The third-order valence-electron chi connectivity index (χ3n) is 3.27. The van der Waals surface area contributed by atoms with Crippen molar-refractivity contribution < 1.29 is 4.79 Å². The van der Waals surface area contributed by atoms with Crippen LogP contribution in [0.1, 0.15) is 36.2 Å². The number of carbonyl (C=O) groups excluding carboxylic acids is 1. The van der Waals surface area contributed by atoms with Crippen molar-refractivity contribution in [2.75, 3.05) is 18.5 Å². The Bertz CT molecular complexity index is 399. The highest BCUT2D eigenvalue weighted by Crippen LogP contribution is 2.39. The minimum Gasteiger partial charge on any atom is -0.375 e. The van der Waals surface area contributed by atoms with Crippen LogP contribution in [0.5, 0.6) is 0 Å². The first-order chi connectivity index (χ1) is 8.15. The molecule has 1 aromatic rings. The highest BCUT2D eigenvalue weighted by molar-refractivity contribution is 8.00. The topological polar surface area (TPSA) is 68.0 Å². The lowest BCUT2D eigenvalue weighted by Gasteiger charge is -2.26. The molecule has 0 saturated heterocycles. The summed E-state index contributed by atoms with van der Waals surface area (Å²) >= 11 is 3.16. The van der Waals surface area contributed by atoms with Crippen molar-refractivity contribution in [3.05, 3.63) is 11.1 Å². The van der Waals surface area contributed by atoms with Gasteiger partial charge < -0.3 is 11.1 Å². The van der Waals surface area contributed by atoms with Crippen molar-refractivity contribution in [1.82, 2.24) is 10.3 Å². The molecule has 1 aliphatic carbocycles. The van der Waals surface area contributed by atoms with E-state index in [9.17, 15) is 4.79 Å². The van der Waals surface area contributed by atoms with E-state index in [1.807, 2.05) is 11.8 Å². The summed E-state index contributed by atoms with van der Waals surface area (Å²) < 4.78 is 0.233. The fourth-order valence-electron chi connectivity index (χ4n) is 2.20. The summed E-state index contributed by atoms with van der Waals surface area (Å²) in [5.74, 6) is -0.113. The van der Waals surface area contributed by atoms with E-state index >= 15 is 0 Å². The fourth-order valence-corrected chi connectivity index (χ4v) is 3.65. The van der Waals surface area contributed by atoms with E-state index in [1.54, 1.807) is 5.38 Å². The lowest BCUT2D eigenvalue weighted by atomic mass is 10.1. The van der Waals surface area contributed by atoms with Gasteiger partial charge in [0.2, 0.25) is 0 Å². The molecule has 1 aromatic heterocycles. The molecule has 0 radical (unpaired) electrons. The number of aromatic nitrogens is 1. The first-order valence-electron chi connectivity index (χ1n) is 5.70. The molecule has 94 valence electrons. The maximum absolute atomic E-state index is 11.8. The number of hydrogen-bond donors (Lipinski definition) is 2. The zero-order valence-electron chi connectivity index (χ0n) is 9.86. The lowest BCUT2D eigenvalue weighted by Crippen LogP contribution is -2.38. The quantitative estimate of drug-likeness (QED) is 0.880. The molecule has 1 fully saturated rings. The van der Waals surface area contributed by atoms with Crippen LogP contribution in [-0.4, -0.2) is 28.4 Å². The minimum atomic E-state index is -0.113. The number of nitrogens with one attached hydrogen (secondary N) is 1. The second kappa shape index (κ2) is 5.27. The van der Waals surface area contributed by atoms with Gasteiger partial charge in [-0.3, -0.25) is 4.79 Å². The second-order valence-electron chi connectivity index (χ2n) is 4.35. The molecule has 2 rings (SSSR count). The highest BCUT2D eigenvalue weighted by Gasteiger charge is 2.33. The smallest absolute Gasteiger partial charge is 0.270 e. The third-order valence-corrected chi connectivity index (χ3v) is 5.37. The third kappa shape index (κ3) is 2.93. The van der Waals surface area contributed by atoms with Crippen molar-refractivity contribution in [3.8, 4) is 0 Å². The molecule has 1 heterocycles. The van der Waals surface area contributed by atoms with Crippen LogP contribution in [-0.2, 0) is 0 Å². The van der Waals surface area contributed by atoms with Crippen molar-refractivity contribution >= 4 is 34.1 Å². The molecular weight excluding hydrogens is 254 g/mol. The Morgan fingerprint density at radius 1 is 1.65 bits per heavy atom. The molecule has 0 atom stereocenters. The van der Waals surface area contributed by atoms with Crippen LogP contribution in [0.3, 0.4) is 0 Å².